The highest BCUT2D eigenvalue weighted by atomic mass is 19.1. The normalized spacial score (nSPS) is 11.5. The van der Waals surface area contributed by atoms with Crippen LogP contribution in [0.2, 0.25) is 0 Å². The van der Waals surface area contributed by atoms with E-state index in [1.54, 1.807) is 12.1 Å². The van der Waals surface area contributed by atoms with E-state index in [0.29, 0.717) is 0 Å². The van der Waals surface area contributed by atoms with Crippen LogP contribution in [0.1, 0.15) is 30.5 Å². The molecule has 17 heavy (non-hydrogen) atoms. The number of hydrogen-bond donors (Lipinski definition) is 0. The van der Waals surface area contributed by atoms with Gasteiger partial charge in [0.15, 0.2) is 0 Å². The van der Waals surface area contributed by atoms with Crippen molar-refractivity contribution in [3.63, 3.8) is 0 Å². The smallest absolute Gasteiger partial charge is 0.123 e. The summed E-state index contributed by atoms with van der Waals surface area (Å²) >= 11 is 0. The molecule has 0 bridgehead atoms. The fourth-order valence-corrected chi connectivity index (χ4v) is 2.31. The minimum Gasteiger partial charge on any atom is -0.207 e. The molecule has 0 saturated carbocycles. The minimum atomic E-state index is -0.177. The molecule has 0 aliphatic rings. The number of aryl methyl sites for hydroxylation is 1. The van der Waals surface area contributed by atoms with Crippen molar-refractivity contribution < 1.29 is 4.39 Å². The van der Waals surface area contributed by atoms with E-state index in [9.17, 15) is 4.39 Å². The maximum Gasteiger partial charge on any atom is 0.123 e. The summed E-state index contributed by atoms with van der Waals surface area (Å²) in [5, 5.41) is 0. The summed E-state index contributed by atoms with van der Waals surface area (Å²) in [6.07, 6.45) is 0. The second kappa shape index (κ2) is 4.33. The maximum atomic E-state index is 13.3. The summed E-state index contributed by atoms with van der Waals surface area (Å²) in [6, 6.07) is 15.1. The molecule has 88 valence electrons. The van der Waals surface area contributed by atoms with E-state index in [-0.39, 0.29) is 11.2 Å². The molecule has 0 amide bonds. The van der Waals surface area contributed by atoms with E-state index in [2.05, 4.69) is 32.9 Å². The topological polar surface area (TPSA) is 0 Å². The minimum absolute atomic E-state index is 0.173. The first-order chi connectivity index (χ1) is 8.01. The van der Waals surface area contributed by atoms with E-state index in [4.69, 9.17) is 0 Å². The van der Waals surface area contributed by atoms with Crippen LogP contribution in [0.5, 0.6) is 0 Å². The van der Waals surface area contributed by atoms with Gasteiger partial charge in [-0.2, -0.15) is 0 Å². The second-order valence-corrected chi connectivity index (χ2v) is 4.95. The monoisotopic (exact) mass is 228 g/mol. The highest BCUT2D eigenvalue weighted by molar-refractivity contribution is 5.41. The van der Waals surface area contributed by atoms with Crippen molar-refractivity contribution >= 4 is 0 Å². The molecular weight excluding hydrogens is 211 g/mol. The van der Waals surface area contributed by atoms with Crippen molar-refractivity contribution in [1.29, 1.82) is 0 Å². The number of halogens is 1. The van der Waals surface area contributed by atoms with Crippen molar-refractivity contribution in [2.24, 2.45) is 0 Å². The molecule has 2 aromatic rings. The lowest BCUT2D eigenvalue weighted by atomic mass is 9.76. The molecule has 1 heteroatoms. The molecule has 0 unspecified atom stereocenters. The Morgan fingerprint density at radius 2 is 1.65 bits per heavy atom. The van der Waals surface area contributed by atoms with Crippen LogP contribution < -0.4 is 0 Å². The Kier molecular flexibility index (Phi) is 3.01. The van der Waals surface area contributed by atoms with Gasteiger partial charge in [-0.05, 0) is 35.7 Å². The van der Waals surface area contributed by atoms with Crippen LogP contribution in [0.25, 0.3) is 0 Å². The molecule has 0 aliphatic carbocycles. The molecule has 0 fully saturated rings. The zero-order chi connectivity index (χ0) is 12.5. The third-order valence-corrected chi connectivity index (χ3v) is 3.36. The lowest BCUT2D eigenvalue weighted by molar-refractivity contribution is 0.599. The number of hydrogen-bond acceptors (Lipinski definition) is 0. The number of benzene rings is 2. The molecule has 0 saturated heterocycles. The van der Waals surface area contributed by atoms with E-state index < -0.39 is 0 Å². The fourth-order valence-electron chi connectivity index (χ4n) is 2.31. The Bertz CT molecular complexity index is 527. The van der Waals surface area contributed by atoms with Crippen LogP contribution >= 0.6 is 0 Å². The molecule has 0 nitrogen and oxygen atoms in total. The molecule has 0 atom stereocenters. The Hall–Kier alpha value is -1.63. The lowest BCUT2D eigenvalue weighted by Gasteiger charge is -2.27. The van der Waals surface area contributed by atoms with Gasteiger partial charge < -0.3 is 0 Å². The van der Waals surface area contributed by atoms with Gasteiger partial charge in [0, 0.05) is 5.41 Å². The summed E-state index contributed by atoms with van der Waals surface area (Å²) in [6.45, 7) is 6.35. The summed E-state index contributed by atoms with van der Waals surface area (Å²) in [7, 11) is 0. The largest absolute Gasteiger partial charge is 0.207 e. The van der Waals surface area contributed by atoms with Crippen LogP contribution in [-0.4, -0.2) is 0 Å². The Labute approximate surface area is 102 Å². The van der Waals surface area contributed by atoms with Crippen molar-refractivity contribution in [2.45, 2.75) is 26.2 Å². The quantitative estimate of drug-likeness (QED) is 0.712. The number of rotatable bonds is 2. The zero-order valence-electron chi connectivity index (χ0n) is 10.5. The van der Waals surface area contributed by atoms with Gasteiger partial charge in [-0.25, -0.2) is 4.39 Å². The van der Waals surface area contributed by atoms with Gasteiger partial charge in [-0.3, -0.25) is 0 Å². The van der Waals surface area contributed by atoms with E-state index in [0.717, 1.165) is 5.56 Å². The van der Waals surface area contributed by atoms with Crippen molar-refractivity contribution in [3.8, 4) is 0 Å². The second-order valence-electron chi connectivity index (χ2n) is 4.95. The highest BCUT2D eigenvalue weighted by Gasteiger charge is 2.24. The summed E-state index contributed by atoms with van der Waals surface area (Å²) in [5.74, 6) is -0.177. The average molecular weight is 228 g/mol. The van der Waals surface area contributed by atoms with Crippen LogP contribution in [0.3, 0.4) is 0 Å². The van der Waals surface area contributed by atoms with Gasteiger partial charge in [-0.1, -0.05) is 50.2 Å². The molecular formula is C16H17F. The van der Waals surface area contributed by atoms with Crippen LogP contribution in [-0.2, 0) is 5.41 Å². The predicted octanol–water partition coefficient (Wildman–Crippen LogP) is 4.46. The SMILES string of the molecule is Cc1ccccc1C(C)(C)c1cccc(F)c1. The maximum absolute atomic E-state index is 13.3. The van der Waals surface area contributed by atoms with Crippen molar-refractivity contribution in [3.05, 3.63) is 71.0 Å². The first kappa shape index (κ1) is 11.8. The summed E-state index contributed by atoms with van der Waals surface area (Å²) < 4.78 is 13.3. The zero-order valence-corrected chi connectivity index (χ0v) is 10.5. The molecule has 0 N–H and O–H groups in total. The third kappa shape index (κ3) is 2.23. The van der Waals surface area contributed by atoms with Gasteiger partial charge in [0.25, 0.3) is 0 Å². The van der Waals surface area contributed by atoms with Crippen LogP contribution in [0.4, 0.5) is 4.39 Å². The molecule has 0 aliphatic heterocycles. The van der Waals surface area contributed by atoms with Gasteiger partial charge >= 0.3 is 0 Å². The van der Waals surface area contributed by atoms with Gasteiger partial charge in [0.05, 0.1) is 0 Å². The molecule has 2 aromatic carbocycles. The van der Waals surface area contributed by atoms with Crippen LogP contribution in [0, 0.1) is 12.7 Å². The third-order valence-electron chi connectivity index (χ3n) is 3.36. The molecule has 0 aromatic heterocycles. The van der Waals surface area contributed by atoms with E-state index in [1.807, 2.05) is 18.2 Å². The summed E-state index contributed by atoms with van der Waals surface area (Å²) in [5.41, 5.74) is 3.31. The molecule has 0 spiro atoms. The first-order valence-corrected chi connectivity index (χ1v) is 5.84. The van der Waals surface area contributed by atoms with E-state index in [1.165, 1.54) is 17.2 Å². The molecule has 2 rings (SSSR count). The standard InChI is InChI=1S/C16H17F/c1-12-7-4-5-10-15(12)16(2,3)13-8-6-9-14(17)11-13/h4-11H,1-3H3. The Balaban J connectivity index is 2.53. The van der Waals surface area contributed by atoms with Gasteiger partial charge in [0.2, 0.25) is 0 Å². The predicted molar refractivity (Wildman–Crippen MR) is 69.7 cm³/mol. The molecule has 0 radical (unpaired) electrons. The average Bonchev–Trinajstić information content (AvgIpc) is 2.29. The van der Waals surface area contributed by atoms with Gasteiger partial charge in [0.1, 0.15) is 5.82 Å². The summed E-state index contributed by atoms with van der Waals surface area (Å²) in [4.78, 5) is 0. The Morgan fingerprint density at radius 1 is 0.941 bits per heavy atom. The van der Waals surface area contributed by atoms with Crippen molar-refractivity contribution in [1.82, 2.24) is 0 Å². The lowest BCUT2D eigenvalue weighted by Crippen LogP contribution is -2.20. The molecule has 0 heterocycles. The Morgan fingerprint density at radius 3 is 2.29 bits per heavy atom. The van der Waals surface area contributed by atoms with Crippen LogP contribution in [0.15, 0.2) is 48.5 Å². The highest BCUT2D eigenvalue weighted by Crippen LogP contribution is 2.33. The fraction of sp³-hybridized carbons (Fsp3) is 0.250. The first-order valence-electron chi connectivity index (χ1n) is 5.84. The van der Waals surface area contributed by atoms with E-state index >= 15 is 0 Å². The van der Waals surface area contributed by atoms with Gasteiger partial charge in [-0.15, -0.1) is 0 Å². The van der Waals surface area contributed by atoms with Crippen molar-refractivity contribution in [2.75, 3.05) is 0 Å².